The van der Waals surface area contributed by atoms with Crippen molar-refractivity contribution in [2.45, 2.75) is 19.5 Å². The number of nitrogens with one attached hydrogen (secondary N) is 1. The van der Waals surface area contributed by atoms with Crippen molar-refractivity contribution in [1.29, 1.82) is 0 Å². The van der Waals surface area contributed by atoms with E-state index < -0.39 is 0 Å². The minimum absolute atomic E-state index is 0.0359. The van der Waals surface area contributed by atoms with Crippen LogP contribution in [-0.4, -0.2) is 22.6 Å². The maximum absolute atomic E-state index is 4.98. The monoisotopic (exact) mass is 156 g/mol. The molecule has 1 aliphatic rings. The molecule has 0 aromatic rings. The molecular weight excluding hydrogens is 144 g/mol. The molecule has 2 nitrogen and oxygen atoms in total. The van der Waals surface area contributed by atoms with E-state index in [1.165, 1.54) is 0 Å². The lowest BCUT2D eigenvalue weighted by Crippen LogP contribution is -2.54. The highest BCUT2D eigenvalue weighted by atomic mass is 32.1. The predicted octanol–water partition coefficient (Wildman–Crippen LogP) is 1.10. The largest absolute Gasteiger partial charge is 0.358 e. The van der Waals surface area contributed by atoms with Crippen LogP contribution >= 0.6 is 12.2 Å². The lowest BCUT2D eigenvalue weighted by atomic mass is 10.2. The maximum Gasteiger partial charge on any atom is 0.104 e. The molecule has 0 aromatic heterocycles. The second-order valence-corrected chi connectivity index (χ2v) is 3.41. The van der Waals surface area contributed by atoms with Crippen molar-refractivity contribution in [3.05, 3.63) is 12.3 Å². The highest BCUT2D eigenvalue weighted by molar-refractivity contribution is 7.80. The van der Waals surface area contributed by atoms with Gasteiger partial charge in [-0.25, -0.2) is 0 Å². The molecule has 1 heterocycles. The van der Waals surface area contributed by atoms with Crippen LogP contribution in [0.15, 0.2) is 12.3 Å². The Bertz CT molecular complexity index is 184. The summed E-state index contributed by atoms with van der Waals surface area (Å²) in [6, 6.07) is 0. The van der Waals surface area contributed by atoms with Gasteiger partial charge in [0.25, 0.3) is 0 Å². The Labute approximate surface area is 66.9 Å². The van der Waals surface area contributed by atoms with Crippen molar-refractivity contribution in [3.8, 4) is 0 Å². The average molecular weight is 156 g/mol. The van der Waals surface area contributed by atoms with Crippen LogP contribution in [0.2, 0.25) is 0 Å². The van der Waals surface area contributed by atoms with E-state index in [4.69, 9.17) is 12.2 Å². The Hall–Kier alpha value is -0.570. The van der Waals surface area contributed by atoms with Crippen LogP contribution in [0, 0.1) is 0 Å². The SMILES string of the molecule is CN1C=CC(=S)NC1(C)C. The third-order valence-electron chi connectivity index (χ3n) is 1.76. The molecule has 3 heteroatoms. The fraction of sp³-hybridized carbons (Fsp3) is 0.571. The van der Waals surface area contributed by atoms with E-state index in [9.17, 15) is 0 Å². The first kappa shape index (κ1) is 7.54. The zero-order valence-electron chi connectivity index (χ0n) is 6.51. The van der Waals surface area contributed by atoms with Crippen LogP contribution in [-0.2, 0) is 0 Å². The molecule has 1 aliphatic heterocycles. The first-order valence-corrected chi connectivity index (χ1v) is 3.66. The highest BCUT2D eigenvalue weighted by Gasteiger charge is 2.23. The molecule has 0 saturated heterocycles. The van der Waals surface area contributed by atoms with Crippen molar-refractivity contribution in [3.63, 3.8) is 0 Å². The second kappa shape index (κ2) is 2.23. The summed E-state index contributed by atoms with van der Waals surface area (Å²) < 4.78 is 0. The normalized spacial score (nSPS) is 22.7. The molecule has 56 valence electrons. The Morgan fingerprint density at radius 2 is 2.20 bits per heavy atom. The number of rotatable bonds is 0. The molecule has 0 radical (unpaired) electrons. The minimum Gasteiger partial charge on any atom is -0.358 e. The van der Waals surface area contributed by atoms with E-state index in [2.05, 4.69) is 24.1 Å². The summed E-state index contributed by atoms with van der Waals surface area (Å²) in [5.74, 6) is 0. The zero-order chi connectivity index (χ0) is 7.78. The van der Waals surface area contributed by atoms with E-state index in [1.807, 2.05) is 19.3 Å². The molecule has 0 spiro atoms. The van der Waals surface area contributed by atoms with Crippen molar-refractivity contribution >= 4 is 17.2 Å². The molecule has 0 aromatic carbocycles. The number of hydrogen-bond donors (Lipinski definition) is 1. The molecule has 0 amide bonds. The van der Waals surface area contributed by atoms with Gasteiger partial charge in [-0.3, -0.25) is 0 Å². The molecule has 10 heavy (non-hydrogen) atoms. The minimum atomic E-state index is -0.0359. The van der Waals surface area contributed by atoms with E-state index >= 15 is 0 Å². The van der Waals surface area contributed by atoms with Crippen molar-refractivity contribution < 1.29 is 0 Å². The fourth-order valence-corrected chi connectivity index (χ4v) is 1.11. The number of nitrogens with zero attached hydrogens (tertiary/aromatic N) is 1. The second-order valence-electron chi connectivity index (χ2n) is 2.97. The number of hydrogen-bond acceptors (Lipinski definition) is 2. The Kier molecular flexibility index (Phi) is 1.68. The van der Waals surface area contributed by atoms with Gasteiger partial charge in [0.05, 0.1) is 0 Å². The molecule has 0 atom stereocenters. The van der Waals surface area contributed by atoms with Gasteiger partial charge in [-0.2, -0.15) is 0 Å². The third kappa shape index (κ3) is 1.29. The van der Waals surface area contributed by atoms with Crippen molar-refractivity contribution in [1.82, 2.24) is 10.2 Å². The predicted molar refractivity (Wildman–Crippen MR) is 46.7 cm³/mol. The van der Waals surface area contributed by atoms with Crippen LogP contribution in [0.5, 0.6) is 0 Å². The van der Waals surface area contributed by atoms with Gasteiger partial charge in [-0.15, -0.1) is 0 Å². The van der Waals surface area contributed by atoms with E-state index in [0.29, 0.717) is 0 Å². The van der Waals surface area contributed by atoms with Crippen molar-refractivity contribution in [2.24, 2.45) is 0 Å². The topological polar surface area (TPSA) is 15.3 Å². The van der Waals surface area contributed by atoms with Gasteiger partial charge < -0.3 is 10.2 Å². The first-order chi connectivity index (χ1) is 4.52. The summed E-state index contributed by atoms with van der Waals surface area (Å²) in [7, 11) is 2.02. The van der Waals surface area contributed by atoms with Crippen molar-refractivity contribution in [2.75, 3.05) is 7.05 Å². The van der Waals surface area contributed by atoms with Gasteiger partial charge in [0, 0.05) is 13.2 Å². The summed E-state index contributed by atoms with van der Waals surface area (Å²) in [6.45, 7) is 4.17. The fourth-order valence-electron chi connectivity index (χ4n) is 0.797. The van der Waals surface area contributed by atoms with Crippen LogP contribution in [0.1, 0.15) is 13.8 Å². The van der Waals surface area contributed by atoms with Gasteiger partial charge in [0.2, 0.25) is 0 Å². The molecule has 1 N–H and O–H groups in total. The van der Waals surface area contributed by atoms with Gasteiger partial charge in [0.15, 0.2) is 0 Å². The Morgan fingerprint density at radius 1 is 1.60 bits per heavy atom. The van der Waals surface area contributed by atoms with Crippen LogP contribution in [0.3, 0.4) is 0 Å². The smallest absolute Gasteiger partial charge is 0.104 e. The first-order valence-electron chi connectivity index (χ1n) is 3.26. The highest BCUT2D eigenvalue weighted by Crippen LogP contribution is 2.12. The Balaban J connectivity index is 2.82. The summed E-state index contributed by atoms with van der Waals surface area (Å²) in [6.07, 6.45) is 3.87. The molecule has 0 fully saturated rings. The summed E-state index contributed by atoms with van der Waals surface area (Å²) in [5.41, 5.74) is -0.0359. The van der Waals surface area contributed by atoms with Gasteiger partial charge in [-0.1, -0.05) is 12.2 Å². The van der Waals surface area contributed by atoms with E-state index in [-0.39, 0.29) is 5.66 Å². The van der Waals surface area contributed by atoms with E-state index in [1.54, 1.807) is 0 Å². The van der Waals surface area contributed by atoms with Crippen LogP contribution in [0.4, 0.5) is 0 Å². The third-order valence-corrected chi connectivity index (χ3v) is 2.00. The van der Waals surface area contributed by atoms with Gasteiger partial charge in [0.1, 0.15) is 10.7 Å². The van der Waals surface area contributed by atoms with Crippen LogP contribution in [0.25, 0.3) is 0 Å². The lowest BCUT2D eigenvalue weighted by Gasteiger charge is -2.39. The van der Waals surface area contributed by atoms with Gasteiger partial charge >= 0.3 is 0 Å². The lowest BCUT2D eigenvalue weighted by molar-refractivity contribution is 0.200. The quantitative estimate of drug-likeness (QED) is 0.529. The summed E-state index contributed by atoms with van der Waals surface area (Å²) in [5, 5.41) is 3.18. The Morgan fingerprint density at radius 3 is 2.60 bits per heavy atom. The molecule has 0 aliphatic carbocycles. The van der Waals surface area contributed by atoms with E-state index in [0.717, 1.165) is 4.99 Å². The molecule has 1 rings (SSSR count). The molecule has 0 bridgehead atoms. The average Bonchev–Trinajstić information content (AvgIpc) is 1.78. The molecule has 0 unspecified atom stereocenters. The number of thiocarbonyl (C=S) groups is 1. The zero-order valence-corrected chi connectivity index (χ0v) is 7.33. The molecule has 0 saturated carbocycles. The molecular formula is C7H12N2S. The van der Waals surface area contributed by atoms with Crippen LogP contribution < -0.4 is 5.32 Å². The van der Waals surface area contributed by atoms with Gasteiger partial charge in [-0.05, 0) is 19.9 Å². The summed E-state index contributed by atoms with van der Waals surface area (Å²) in [4.78, 5) is 2.89. The maximum atomic E-state index is 4.98. The summed E-state index contributed by atoms with van der Waals surface area (Å²) >= 11 is 4.98. The standard InChI is InChI=1S/C7H12N2S/c1-7(2)8-6(10)4-5-9(7)3/h4-5H,1-3H3,(H,8,10).